The van der Waals surface area contributed by atoms with Crippen LogP contribution in [0.1, 0.15) is 18.0 Å². The number of thiazole rings is 1. The summed E-state index contributed by atoms with van der Waals surface area (Å²) in [5.41, 5.74) is 0. The Hall–Kier alpha value is -0.450. The molecule has 66 valence electrons. The van der Waals surface area contributed by atoms with Crippen molar-refractivity contribution in [2.75, 3.05) is 13.2 Å². The molecule has 0 aromatic carbocycles. The zero-order valence-electron chi connectivity index (χ0n) is 6.99. The predicted molar refractivity (Wildman–Crippen MR) is 48.3 cm³/mol. The van der Waals surface area contributed by atoms with Gasteiger partial charge in [0.15, 0.2) is 0 Å². The Kier molecular flexibility index (Phi) is 2.39. The van der Waals surface area contributed by atoms with Crippen LogP contribution >= 0.6 is 11.3 Å². The van der Waals surface area contributed by atoms with Gasteiger partial charge in [-0.25, -0.2) is 4.98 Å². The standard InChI is InChI=1S/C8H12N2OS/c1-6(8-9-2-3-12-8)10-7-4-11-5-7/h2-3,6-7,10H,4-5H2,1H3. The molecule has 0 amide bonds. The van der Waals surface area contributed by atoms with Crippen LogP contribution in [0, 0.1) is 0 Å². The third-order valence-electron chi connectivity index (χ3n) is 1.95. The second-order valence-corrected chi connectivity index (χ2v) is 3.92. The predicted octanol–water partition coefficient (Wildman–Crippen LogP) is 1.19. The van der Waals surface area contributed by atoms with Crippen LogP contribution in [0.5, 0.6) is 0 Å². The fourth-order valence-electron chi connectivity index (χ4n) is 1.21. The summed E-state index contributed by atoms with van der Waals surface area (Å²) in [5, 5.41) is 6.60. The highest BCUT2D eigenvalue weighted by Crippen LogP contribution is 2.16. The molecule has 3 nitrogen and oxygen atoms in total. The van der Waals surface area contributed by atoms with Gasteiger partial charge < -0.3 is 10.1 Å². The third-order valence-corrected chi connectivity index (χ3v) is 2.90. The van der Waals surface area contributed by atoms with Gasteiger partial charge >= 0.3 is 0 Å². The summed E-state index contributed by atoms with van der Waals surface area (Å²) in [6.45, 7) is 3.82. The zero-order chi connectivity index (χ0) is 8.39. The molecule has 1 unspecified atom stereocenters. The Morgan fingerprint density at radius 2 is 2.58 bits per heavy atom. The van der Waals surface area contributed by atoms with Gasteiger partial charge in [0, 0.05) is 11.6 Å². The highest BCUT2D eigenvalue weighted by molar-refractivity contribution is 7.09. The molecule has 0 saturated carbocycles. The van der Waals surface area contributed by atoms with Gasteiger partial charge in [0.05, 0.1) is 25.3 Å². The molecule has 0 aliphatic carbocycles. The van der Waals surface area contributed by atoms with Crippen molar-refractivity contribution in [1.82, 2.24) is 10.3 Å². The lowest BCUT2D eigenvalue weighted by Gasteiger charge is -2.29. The van der Waals surface area contributed by atoms with Crippen LogP contribution in [-0.2, 0) is 4.74 Å². The first kappa shape index (κ1) is 8.16. The van der Waals surface area contributed by atoms with Gasteiger partial charge in [0.1, 0.15) is 5.01 Å². The molecule has 0 spiro atoms. The lowest BCUT2D eigenvalue weighted by Crippen LogP contribution is -2.46. The maximum absolute atomic E-state index is 5.07. The molecule has 1 atom stereocenters. The molecular formula is C8H12N2OS. The summed E-state index contributed by atoms with van der Waals surface area (Å²) in [6.07, 6.45) is 1.84. The van der Waals surface area contributed by atoms with Crippen LogP contribution < -0.4 is 5.32 Å². The number of hydrogen-bond donors (Lipinski definition) is 1. The molecule has 1 aromatic rings. The van der Waals surface area contributed by atoms with Crippen LogP contribution in [0.15, 0.2) is 11.6 Å². The number of hydrogen-bond acceptors (Lipinski definition) is 4. The molecule has 1 fully saturated rings. The fourth-order valence-corrected chi connectivity index (χ4v) is 1.86. The second-order valence-electron chi connectivity index (χ2n) is 2.99. The number of ether oxygens (including phenoxy) is 1. The minimum Gasteiger partial charge on any atom is -0.378 e. The van der Waals surface area contributed by atoms with Gasteiger partial charge in [-0.2, -0.15) is 0 Å². The molecule has 1 aliphatic heterocycles. The normalized spacial score (nSPS) is 20.4. The van der Waals surface area contributed by atoms with Crippen molar-refractivity contribution >= 4 is 11.3 Å². The highest BCUT2D eigenvalue weighted by Gasteiger charge is 2.21. The number of aromatic nitrogens is 1. The summed E-state index contributed by atoms with van der Waals surface area (Å²) >= 11 is 1.69. The molecule has 2 rings (SSSR count). The van der Waals surface area contributed by atoms with E-state index in [2.05, 4.69) is 17.2 Å². The summed E-state index contributed by atoms with van der Waals surface area (Å²) in [5.74, 6) is 0. The van der Waals surface area contributed by atoms with Crippen LogP contribution in [0.4, 0.5) is 0 Å². The maximum Gasteiger partial charge on any atom is 0.109 e. The Morgan fingerprint density at radius 3 is 3.08 bits per heavy atom. The van der Waals surface area contributed by atoms with Gasteiger partial charge in [-0.1, -0.05) is 0 Å². The van der Waals surface area contributed by atoms with Crippen molar-refractivity contribution in [3.8, 4) is 0 Å². The van der Waals surface area contributed by atoms with Crippen molar-refractivity contribution in [3.05, 3.63) is 16.6 Å². The summed E-state index contributed by atoms with van der Waals surface area (Å²) < 4.78 is 5.07. The smallest absolute Gasteiger partial charge is 0.109 e. The van der Waals surface area contributed by atoms with Crippen LogP contribution in [-0.4, -0.2) is 24.2 Å². The van der Waals surface area contributed by atoms with E-state index in [0.717, 1.165) is 18.2 Å². The monoisotopic (exact) mass is 184 g/mol. The average Bonchev–Trinajstić information content (AvgIpc) is 2.47. The summed E-state index contributed by atoms with van der Waals surface area (Å²) in [4.78, 5) is 4.24. The van der Waals surface area contributed by atoms with Gasteiger partial charge in [-0.05, 0) is 6.92 Å². The van der Waals surface area contributed by atoms with E-state index in [1.165, 1.54) is 0 Å². The van der Waals surface area contributed by atoms with Crippen LogP contribution in [0.3, 0.4) is 0 Å². The molecule has 0 radical (unpaired) electrons. The summed E-state index contributed by atoms with van der Waals surface area (Å²) in [6, 6.07) is 0.891. The first-order valence-corrected chi connectivity index (χ1v) is 4.97. The van der Waals surface area contributed by atoms with E-state index in [4.69, 9.17) is 4.74 Å². The van der Waals surface area contributed by atoms with E-state index in [0.29, 0.717) is 12.1 Å². The SMILES string of the molecule is CC(NC1COC1)c1nccs1. The molecular weight excluding hydrogens is 172 g/mol. The fraction of sp³-hybridized carbons (Fsp3) is 0.625. The number of nitrogens with zero attached hydrogens (tertiary/aromatic N) is 1. The van der Waals surface area contributed by atoms with Crippen molar-refractivity contribution < 1.29 is 4.74 Å². The van der Waals surface area contributed by atoms with E-state index in [1.54, 1.807) is 11.3 Å². The molecule has 1 saturated heterocycles. The second kappa shape index (κ2) is 3.51. The average molecular weight is 184 g/mol. The van der Waals surface area contributed by atoms with Gasteiger partial charge in [0.25, 0.3) is 0 Å². The first-order chi connectivity index (χ1) is 5.86. The van der Waals surface area contributed by atoms with Crippen molar-refractivity contribution in [1.29, 1.82) is 0 Å². The van der Waals surface area contributed by atoms with Gasteiger partial charge in [0.2, 0.25) is 0 Å². The van der Waals surface area contributed by atoms with E-state index in [9.17, 15) is 0 Å². The largest absolute Gasteiger partial charge is 0.378 e. The highest BCUT2D eigenvalue weighted by atomic mass is 32.1. The molecule has 1 aromatic heterocycles. The maximum atomic E-state index is 5.07. The third kappa shape index (κ3) is 1.65. The Bertz CT molecular complexity index is 233. The van der Waals surface area contributed by atoms with Gasteiger partial charge in [-0.15, -0.1) is 11.3 Å². The lowest BCUT2D eigenvalue weighted by molar-refractivity contribution is -0.00926. The van der Waals surface area contributed by atoms with E-state index in [1.807, 2.05) is 11.6 Å². The molecule has 1 N–H and O–H groups in total. The van der Waals surface area contributed by atoms with Crippen molar-refractivity contribution in [3.63, 3.8) is 0 Å². The van der Waals surface area contributed by atoms with Crippen LogP contribution in [0.2, 0.25) is 0 Å². The molecule has 4 heteroatoms. The molecule has 0 bridgehead atoms. The van der Waals surface area contributed by atoms with Crippen molar-refractivity contribution in [2.45, 2.75) is 19.0 Å². The van der Waals surface area contributed by atoms with Gasteiger partial charge in [-0.3, -0.25) is 0 Å². The Labute approximate surface area is 75.8 Å². The van der Waals surface area contributed by atoms with E-state index >= 15 is 0 Å². The first-order valence-electron chi connectivity index (χ1n) is 4.09. The Balaban J connectivity index is 1.87. The molecule has 12 heavy (non-hydrogen) atoms. The lowest BCUT2D eigenvalue weighted by atomic mass is 10.2. The number of nitrogens with one attached hydrogen (secondary N) is 1. The molecule has 2 heterocycles. The Morgan fingerprint density at radius 1 is 1.75 bits per heavy atom. The topological polar surface area (TPSA) is 34.1 Å². The van der Waals surface area contributed by atoms with E-state index in [-0.39, 0.29) is 0 Å². The minimum atomic E-state index is 0.360. The summed E-state index contributed by atoms with van der Waals surface area (Å²) in [7, 11) is 0. The van der Waals surface area contributed by atoms with Crippen LogP contribution in [0.25, 0.3) is 0 Å². The zero-order valence-corrected chi connectivity index (χ0v) is 7.80. The van der Waals surface area contributed by atoms with E-state index < -0.39 is 0 Å². The van der Waals surface area contributed by atoms with Crippen molar-refractivity contribution in [2.24, 2.45) is 0 Å². The minimum absolute atomic E-state index is 0.360. The molecule has 1 aliphatic rings. The quantitative estimate of drug-likeness (QED) is 0.766. The number of rotatable bonds is 3.